The van der Waals surface area contributed by atoms with E-state index in [-0.39, 0.29) is 34.8 Å². The number of nitrogens with zero attached hydrogens (tertiary/aromatic N) is 7. The van der Waals surface area contributed by atoms with Gasteiger partial charge in [-0.15, -0.1) is 0 Å². The largest absolute Gasteiger partial charge is 0.381 e. The first kappa shape index (κ1) is 39.6. The zero-order chi connectivity index (χ0) is 41.1. The molecule has 7 rings (SSSR count). The first-order valence-corrected chi connectivity index (χ1v) is 18.7. The van der Waals surface area contributed by atoms with Gasteiger partial charge in [0.25, 0.3) is 28.6 Å². The molecule has 1 aliphatic heterocycles. The monoisotopic (exact) mass is 813 g/mol. The molecule has 6 aromatic rings. The van der Waals surface area contributed by atoms with Crippen molar-refractivity contribution in [2.24, 2.45) is 7.05 Å². The Morgan fingerprint density at radius 3 is 2.34 bits per heavy atom. The van der Waals surface area contributed by atoms with Crippen molar-refractivity contribution in [2.45, 2.75) is 31.2 Å². The number of fused-ring (bicyclic) bond motifs is 1. The maximum atomic E-state index is 15.6. The minimum Gasteiger partial charge on any atom is -0.381 e. The van der Waals surface area contributed by atoms with Crippen LogP contribution in [0.4, 0.5) is 20.2 Å². The van der Waals surface area contributed by atoms with E-state index < -0.39 is 63.3 Å². The van der Waals surface area contributed by atoms with E-state index in [9.17, 15) is 33.1 Å². The Hall–Kier alpha value is -6.61. The second-order valence-electron chi connectivity index (χ2n) is 13.2. The molecule has 17 nitrogen and oxygen atoms in total. The normalized spacial score (nSPS) is 14.2. The van der Waals surface area contributed by atoms with Gasteiger partial charge in [0.15, 0.2) is 0 Å². The van der Waals surface area contributed by atoms with Crippen LogP contribution in [-0.2, 0) is 34.3 Å². The van der Waals surface area contributed by atoms with Gasteiger partial charge >= 0.3 is 5.69 Å². The molecule has 0 aliphatic carbocycles. The van der Waals surface area contributed by atoms with Crippen molar-refractivity contribution in [1.82, 2.24) is 39.9 Å². The molecule has 2 amide bonds. The number of benzene rings is 2. The number of hydroxylamine groups is 1. The third-order valence-electron chi connectivity index (χ3n) is 9.63. The van der Waals surface area contributed by atoms with E-state index in [2.05, 4.69) is 25.3 Å². The number of carbonyl (C=O) groups excluding carboxylic acids is 2. The summed E-state index contributed by atoms with van der Waals surface area (Å²) in [5.74, 6) is -4.05. The zero-order valence-electron chi connectivity index (χ0n) is 30.4. The van der Waals surface area contributed by atoms with Gasteiger partial charge in [0, 0.05) is 69.0 Å². The van der Waals surface area contributed by atoms with Crippen molar-refractivity contribution in [3.8, 4) is 16.9 Å². The van der Waals surface area contributed by atoms with Crippen LogP contribution >= 0.6 is 0 Å². The highest BCUT2D eigenvalue weighted by Crippen LogP contribution is 2.33. The van der Waals surface area contributed by atoms with Crippen molar-refractivity contribution in [3.63, 3.8) is 0 Å². The Balaban J connectivity index is 1.07. The van der Waals surface area contributed by atoms with Crippen LogP contribution in [0.15, 0.2) is 95.2 Å². The summed E-state index contributed by atoms with van der Waals surface area (Å²) in [5.41, 5.74) is 0.485. The van der Waals surface area contributed by atoms with Crippen LogP contribution in [0.5, 0.6) is 0 Å². The maximum absolute atomic E-state index is 15.6. The van der Waals surface area contributed by atoms with E-state index in [0.29, 0.717) is 52.1 Å². The van der Waals surface area contributed by atoms with Gasteiger partial charge in [0.2, 0.25) is 0 Å². The highest BCUT2D eigenvalue weighted by atomic mass is 32.2. The van der Waals surface area contributed by atoms with Crippen LogP contribution in [0, 0.1) is 11.6 Å². The molecule has 58 heavy (non-hydrogen) atoms. The van der Waals surface area contributed by atoms with E-state index in [1.165, 1.54) is 66.0 Å². The summed E-state index contributed by atoms with van der Waals surface area (Å²) in [7, 11) is 1.47. The zero-order valence-corrected chi connectivity index (χ0v) is 31.2. The summed E-state index contributed by atoms with van der Waals surface area (Å²) in [5, 5.41) is 11.8. The Kier molecular flexibility index (Phi) is 11.5. The smallest absolute Gasteiger partial charge is 0.337 e. The molecule has 1 aliphatic rings. The number of nitrogens with one attached hydrogen (secondary N) is 2. The number of halogens is 2. The minimum absolute atomic E-state index is 0.0160. The molecular formula is C38H33F2N9O8S. The molecule has 4 aromatic heterocycles. The number of hydrogen-bond acceptors (Lipinski definition) is 11. The molecule has 0 spiro atoms. The molecule has 1 unspecified atom stereocenters. The van der Waals surface area contributed by atoms with Crippen LogP contribution in [0.3, 0.4) is 0 Å². The number of amides is 2. The lowest BCUT2D eigenvalue weighted by Gasteiger charge is -2.22. The first-order valence-electron chi connectivity index (χ1n) is 17.6. The molecule has 298 valence electrons. The summed E-state index contributed by atoms with van der Waals surface area (Å²) in [4.78, 5) is 69.1. The predicted molar refractivity (Wildman–Crippen MR) is 205 cm³/mol. The standard InChI is InChI=1S/C38H33F2N9O8S/c1-47-32-20-41-11-8-26(32)37(52)48(38(47)53)33-7-2-21(17-42-33)14-30(36(51)46-54)45-35(50)27-15-29(40)31(16-28(27)39)49(58(55)56)25-5-3-22(4-6-25)24-18-43-34(44-19-24)23-9-12-57-13-10-23/h2-8,11,15-20,23,30,54H,9-10,12-14H2,1H3,(H,45,50)(H,46,51)(H,55,56)/t30-/m0/s1. The molecular weight excluding hydrogens is 781 g/mol. The minimum atomic E-state index is -2.90. The van der Waals surface area contributed by atoms with E-state index in [0.717, 1.165) is 17.4 Å². The fourth-order valence-electron chi connectivity index (χ4n) is 6.55. The number of anilines is 2. The van der Waals surface area contributed by atoms with Gasteiger partial charge in [-0.3, -0.25) is 33.7 Å². The summed E-state index contributed by atoms with van der Waals surface area (Å²) in [6.45, 7) is 1.29. The fraction of sp³-hybridized carbons (Fsp3) is 0.211. The van der Waals surface area contributed by atoms with Crippen molar-refractivity contribution >= 4 is 45.4 Å². The van der Waals surface area contributed by atoms with E-state index in [1.807, 2.05) is 0 Å². The van der Waals surface area contributed by atoms with Crippen LogP contribution in [0.1, 0.15) is 40.5 Å². The highest BCUT2D eigenvalue weighted by Gasteiger charge is 2.28. The van der Waals surface area contributed by atoms with Crippen LogP contribution < -0.4 is 26.4 Å². The molecule has 2 aromatic carbocycles. The van der Waals surface area contributed by atoms with Crippen LogP contribution in [0.2, 0.25) is 0 Å². The predicted octanol–water partition coefficient (Wildman–Crippen LogP) is 3.23. The summed E-state index contributed by atoms with van der Waals surface area (Å²) < 4.78 is 61.9. The third-order valence-corrected chi connectivity index (χ3v) is 10.4. The van der Waals surface area contributed by atoms with Crippen molar-refractivity contribution < 1.29 is 37.1 Å². The molecule has 0 bridgehead atoms. The lowest BCUT2D eigenvalue weighted by molar-refractivity contribution is -0.131. The maximum Gasteiger partial charge on any atom is 0.337 e. The lowest BCUT2D eigenvalue weighted by Crippen LogP contribution is -2.47. The van der Waals surface area contributed by atoms with Gasteiger partial charge in [-0.2, -0.15) is 0 Å². The first-order chi connectivity index (χ1) is 27.9. The van der Waals surface area contributed by atoms with Crippen LogP contribution in [0.25, 0.3) is 27.8 Å². The van der Waals surface area contributed by atoms with E-state index in [1.54, 1.807) is 24.5 Å². The molecule has 0 radical (unpaired) electrons. The van der Waals surface area contributed by atoms with Crippen molar-refractivity contribution in [3.05, 3.63) is 135 Å². The number of carbonyl (C=O) groups is 2. The summed E-state index contributed by atoms with van der Waals surface area (Å²) >= 11 is -2.90. The molecule has 1 fully saturated rings. The molecule has 2 atom stereocenters. The second kappa shape index (κ2) is 16.9. The highest BCUT2D eigenvalue weighted by molar-refractivity contribution is 7.81. The van der Waals surface area contributed by atoms with E-state index >= 15 is 8.78 Å². The van der Waals surface area contributed by atoms with Gasteiger partial charge in [0.05, 0.1) is 34.0 Å². The Labute approximate surface area is 329 Å². The lowest BCUT2D eigenvalue weighted by atomic mass is 9.99. The number of aromatic nitrogens is 6. The molecule has 4 N–H and O–H groups in total. The topological polar surface area (TPSA) is 224 Å². The summed E-state index contributed by atoms with van der Waals surface area (Å²) in [6.07, 6.45) is 8.65. The molecule has 0 saturated carbocycles. The Bertz CT molecular complexity index is 2660. The van der Waals surface area contributed by atoms with Crippen molar-refractivity contribution in [2.75, 3.05) is 17.5 Å². The second-order valence-corrected chi connectivity index (χ2v) is 14.0. The van der Waals surface area contributed by atoms with Gasteiger partial charge < -0.3 is 10.1 Å². The SMILES string of the molecule is Cn1c(=O)n(-c2ccc(C[C@H](NC(=O)c3cc(F)c(N(c4ccc(-c5cnc(C6CCOCC6)nc5)cc4)S(=O)O)cc3F)C(=O)NO)cn2)c(=O)c2ccncc21. The molecule has 5 heterocycles. The van der Waals surface area contributed by atoms with Gasteiger partial charge in [0.1, 0.15) is 29.3 Å². The van der Waals surface area contributed by atoms with E-state index in [4.69, 9.17) is 4.74 Å². The quantitative estimate of drug-likeness (QED) is 0.0841. The number of rotatable bonds is 11. The Morgan fingerprint density at radius 1 is 0.966 bits per heavy atom. The van der Waals surface area contributed by atoms with Crippen LogP contribution in [-0.4, -0.2) is 74.1 Å². The fourth-order valence-corrected chi connectivity index (χ4v) is 7.16. The third kappa shape index (κ3) is 7.98. The average Bonchev–Trinajstić information content (AvgIpc) is 3.24. The number of aryl methyl sites for hydroxylation is 1. The average molecular weight is 814 g/mol. The number of ether oxygens (including phenoxy) is 1. The van der Waals surface area contributed by atoms with Gasteiger partial charge in [-0.1, -0.05) is 18.2 Å². The van der Waals surface area contributed by atoms with Gasteiger partial charge in [-0.05, 0) is 54.3 Å². The Morgan fingerprint density at radius 2 is 1.69 bits per heavy atom. The molecule has 20 heteroatoms. The van der Waals surface area contributed by atoms with Gasteiger partial charge in [-0.25, -0.2) is 47.1 Å². The molecule has 1 saturated heterocycles. The number of hydrogen-bond donors (Lipinski definition) is 4. The summed E-state index contributed by atoms with van der Waals surface area (Å²) in [6, 6.07) is 9.75. The van der Waals surface area contributed by atoms with Crippen molar-refractivity contribution in [1.29, 1.82) is 0 Å². The number of pyridine rings is 2.